The quantitative estimate of drug-likeness (QED) is 0.507. The molecule has 1 N–H and O–H groups in total. The molecule has 1 aromatic carbocycles. The summed E-state index contributed by atoms with van der Waals surface area (Å²) >= 11 is 0. The zero-order valence-corrected chi connectivity index (χ0v) is 11.7. The van der Waals surface area contributed by atoms with Gasteiger partial charge in [-0.05, 0) is 17.7 Å². The summed E-state index contributed by atoms with van der Waals surface area (Å²) in [5.74, 6) is -4.15. The van der Waals surface area contributed by atoms with Crippen LogP contribution in [0.4, 0.5) is 17.6 Å². The van der Waals surface area contributed by atoms with E-state index in [2.05, 4.69) is 4.74 Å². The van der Waals surface area contributed by atoms with Gasteiger partial charge in [-0.25, -0.2) is 9.18 Å². The van der Waals surface area contributed by atoms with E-state index in [1.807, 2.05) is 0 Å². The smallest absolute Gasteiger partial charge is 0.465 e. The lowest BCUT2D eigenvalue weighted by atomic mass is 10.0. The zero-order chi connectivity index (χ0) is 17.0. The number of esters is 1. The van der Waals surface area contributed by atoms with Gasteiger partial charge in [0.05, 0.1) is 7.11 Å². The third-order valence-corrected chi connectivity index (χ3v) is 2.80. The summed E-state index contributed by atoms with van der Waals surface area (Å²) in [6.45, 7) is 0. The maximum atomic E-state index is 12.9. The molecular formula is C13H13F4NO4. The van der Waals surface area contributed by atoms with Crippen molar-refractivity contribution in [1.29, 1.82) is 0 Å². The number of hydrogen-bond donors (Lipinski definition) is 1. The van der Waals surface area contributed by atoms with Crippen molar-refractivity contribution in [1.82, 2.24) is 5.32 Å². The predicted octanol–water partition coefficient (Wildman–Crippen LogP) is 1.56. The molecule has 5 nitrogen and oxygen atoms in total. The Balaban J connectivity index is 3.13. The number of halogens is 4. The standard InChI is InChI=1S/C13H13F4NO4/c1-21-11(20)12(22-2,18-10(19)13(15,16)17)7-8-3-5-9(14)6-4-8/h3-6H,7H2,1-2H3,(H,18,19). The molecule has 0 aliphatic heterocycles. The molecule has 0 heterocycles. The maximum absolute atomic E-state index is 12.9. The highest BCUT2D eigenvalue weighted by atomic mass is 19.4. The lowest BCUT2D eigenvalue weighted by Crippen LogP contribution is -2.60. The highest BCUT2D eigenvalue weighted by molar-refractivity contribution is 5.89. The van der Waals surface area contributed by atoms with Crippen molar-refractivity contribution in [2.24, 2.45) is 0 Å². The second-order valence-corrected chi connectivity index (χ2v) is 4.28. The maximum Gasteiger partial charge on any atom is 0.471 e. The first-order valence-electron chi connectivity index (χ1n) is 5.92. The van der Waals surface area contributed by atoms with Crippen molar-refractivity contribution in [3.05, 3.63) is 35.6 Å². The van der Waals surface area contributed by atoms with Crippen LogP contribution in [0.15, 0.2) is 24.3 Å². The molecule has 1 aromatic rings. The van der Waals surface area contributed by atoms with Crippen LogP contribution in [-0.2, 0) is 25.5 Å². The largest absolute Gasteiger partial charge is 0.471 e. The Morgan fingerprint density at radius 2 is 1.68 bits per heavy atom. The summed E-state index contributed by atoms with van der Waals surface area (Å²) < 4.78 is 59.3. The molecule has 0 saturated carbocycles. The van der Waals surface area contributed by atoms with Gasteiger partial charge in [0.25, 0.3) is 0 Å². The van der Waals surface area contributed by atoms with Crippen LogP contribution in [-0.4, -0.2) is 38.0 Å². The van der Waals surface area contributed by atoms with Crippen LogP contribution in [0.5, 0.6) is 0 Å². The van der Waals surface area contributed by atoms with Crippen molar-refractivity contribution in [3.63, 3.8) is 0 Å². The number of rotatable bonds is 5. The molecule has 0 saturated heterocycles. The Labute approximate surface area is 123 Å². The Morgan fingerprint density at radius 3 is 2.09 bits per heavy atom. The molecule has 1 rings (SSSR count). The van der Waals surface area contributed by atoms with Crippen LogP contribution in [0.2, 0.25) is 0 Å². The molecule has 1 atom stereocenters. The SMILES string of the molecule is COC(=O)C(Cc1ccc(F)cc1)(NC(=O)C(F)(F)F)OC. The number of alkyl halides is 3. The number of carbonyl (C=O) groups excluding carboxylic acids is 2. The number of ether oxygens (including phenoxy) is 2. The van der Waals surface area contributed by atoms with E-state index in [0.717, 1.165) is 26.4 Å². The predicted molar refractivity (Wildman–Crippen MR) is 66.1 cm³/mol. The first-order chi connectivity index (χ1) is 10.1. The van der Waals surface area contributed by atoms with E-state index in [9.17, 15) is 27.2 Å². The molecule has 0 aliphatic carbocycles. The van der Waals surface area contributed by atoms with Crippen molar-refractivity contribution < 1.29 is 36.6 Å². The van der Waals surface area contributed by atoms with Crippen molar-refractivity contribution in [2.45, 2.75) is 18.3 Å². The van der Waals surface area contributed by atoms with Gasteiger partial charge in [0.15, 0.2) is 0 Å². The van der Waals surface area contributed by atoms with Crippen LogP contribution in [0.25, 0.3) is 0 Å². The van der Waals surface area contributed by atoms with Crippen molar-refractivity contribution >= 4 is 11.9 Å². The Kier molecular flexibility index (Phi) is 5.48. The lowest BCUT2D eigenvalue weighted by molar-refractivity contribution is -0.191. The van der Waals surface area contributed by atoms with Crippen molar-refractivity contribution in [3.8, 4) is 0 Å². The molecule has 122 valence electrons. The fourth-order valence-electron chi connectivity index (χ4n) is 1.68. The second-order valence-electron chi connectivity index (χ2n) is 4.28. The van der Waals surface area contributed by atoms with E-state index in [1.165, 1.54) is 17.4 Å². The summed E-state index contributed by atoms with van der Waals surface area (Å²) in [5, 5.41) is 1.48. The van der Waals surface area contributed by atoms with Gasteiger partial charge in [0, 0.05) is 13.5 Å². The van der Waals surface area contributed by atoms with Gasteiger partial charge in [-0.15, -0.1) is 0 Å². The molecule has 0 spiro atoms. The Morgan fingerprint density at radius 1 is 1.14 bits per heavy atom. The van der Waals surface area contributed by atoms with Gasteiger partial charge in [0.1, 0.15) is 5.82 Å². The highest BCUT2D eigenvalue weighted by Crippen LogP contribution is 2.21. The fraction of sp³-hybridized carbons (Fsp3) is 0.385. The minimum atomic E-state index is -5.21. The Bertz CT molecular complexity index is 544. The molecule has 0 aromatic heterocycles. The second kappa shape index (κ2) is 6.73. The summed E-state index contributed by atoms with van der Waals surface area (Å²) in [5.41, 5.74) is -2.12. The average molecular weight is 323 g/mol. The van der Waals surface area contributed by atoms with Crippen LogP contribution < -0.4 is 5.32 Å². The highest BCUT2D eigenvalue weighted by Gasteiger charge is 2.48. The Hall–Kier alpha value is -2.16. The summed E-state index contributed by atoms with van der Waals surface area (Å²) in [6, 6.07) is 4.59. The zero-order valence-electron chi connectivity index (χ0n) is 11.7. The number of hydrogen-bond acceptors (Lipinski definition) is 4. The third-order valence-electron chi connectivity index (χ3n) is 2.80. The van der Waals surface area contributed by atoms with Crippen LogP contribution in [0.1, 0.15) is 5.56 Å². The monoisotopic (exact) mass is 323 g/mol. The summed E-state index contributed by atoms with van der Waals surface area (Å²) in [4.78, 5) is 22.9. The van der Waals surface area contributed by atoms with Gasteiger partial charge >= 0.3 is 18.1 Å². The van der Waals surface area contributed by atoms with E-state index in [1.54, 1.807) is 0 Å². The molecule has 22 heavy (non-hydrogen) atoms. The molecule has 0 aliphatic rings. The summed E-state index contributed by atoms with van der Waals surface area (Å²) in [7, 11) is 1.87. The number of methoxy groups -OCH3 is 2. The van der Waals surface area contributed by atoms with E-state index in [4.69, 9.17) is 4.74 Å². The molecular weight excluding hydrogens is 310 g/mol. The van der Waals surface area contributed by atoms with E-state index < -0.39 is 36.0 Å². The van der Waals surface area contributed by atoms with Gasteiger partial charge in [-0.2, -0.15) is 13.2 Å². The molecule has 0 radical (unpaired) electrons. The van der Waals surface area contributed by atoms with Crippen LogP contribution in [0.3, 0.4) is 0 Å². The molecule has 1 amide bonds. The number of benzene rings is 1. The lowest BCUT2D eigenvalue weighted by Gasteiger charge is -2.30. The average Bonchev–Trinajstić information content (AvgIpc) is 2.46. The van der Waals surface area contributed by atoms with Gasteiger partial charge in [0.2, 0.25) is 5.72 Å². The normalized spacial score (nSPS) is 14.1. The first-order valence-corrected chi connectivity index (χ1v) is 5.92. The number of nitrogens with one attached hydrogen (secondary N) is 1. The fourth-order valence-corrected chi connectivity index (χ4v) is 1.68. The molecule has 9 heteroatoms. The number of carbonyl (C=O) groups is 2. The summed E-state index contributed by atoms with van der Waals surface area (Å²) in [6.07, 6.45) is -5.68. The van der Waals surface area contributed by atoms with E-state index in [-0.39, 0.29) is 5.56 Å². The van der Waals surface area contributed by atoms with Gasteiger partial charge < -0.3 is 14.8 Å². The van der Waals surface area contributed by atoms with Gasteiger partial charge in [-0.3, -0.25) is 4.79 Å². The van der Waals surface area contributed by atoms with Crippen molar-refractivity contribution in [2.75, 3.05) is 14.2 Å². The first kappa shape index (κ1) is 17.9. The van der Waals surface area contributed by atoms with Gasteiger partial charge in [-0.1, -0.05) is 12.1 Å². The third kappa shape index (κ3) is 4.17. The minimum absolute atomic E-state index is 0.260. The van der Waals surface area contributed by atoms with Crippen LogP contribution in [0, 0.1) is 5.82 Å². The topological polar surface area (TPSA) is 64.6 Å². The molecule has 0 bridgehead atoms. The van der Waals surface area contributed by atoms with E-state index >= 15 is 0 Å². The molecule has 1 unspecified atom stereocenters. The minimum Gasteiger partial charge on any atom is -0.465 e. The number of amides is 1. The van der Waals surface area contributed by atoms with Crippen LogP contribution >= 0.6 is 0 Å². The van der Waals surface area contributed by atoms with E-state index in [0.29, 0.717) is 0 Å². The molecule has 0 fully saturated rings.